The molecule has 1 saturated carbocycles. The first-order valence-electron chi connectivity index (χ1n) is 8.55. The zero-order chi connectivity index (χ0) is 15.4. The number of anilines is 1. The maximum absolute atomic E-state index is 5.62. The number of nitrogens with zero attached hydrogens (tertiary/aromatic N) is 1. The summed E-state index contributed by atoms with van der Waals surface area (Å²) in [6.45, 7) is 4.93. The lowest BCUT2D eigenvalue weighted by Crippen LogP contribution is -2.46. The van der Waals surface area contributed by atoms with Crippen molar-refractivity contribution in [1.29, 1.82) is 0 Å². The summed E-state index contributed by atoms with van der Waals surface area (Å²) in [7, 11) is 0. The first kappa shape index (κ1) is 15.6. The lowest BCUT2D eigenvalue weighted by atomic mass is 9.75. The number of likely N-dealkylation sites (tertiary alicyclic amines) is 1. The summed E-state index contributed by atoms with van der Waals surface area (Å²) in [5.41, 5.74) is 1.04. The van der Waals surface area contributed by atoms with E-state index in [-0.39, 0.29) is 0 Å². The van der Waals surface area contributed by atoms with Gasteiger partial charge in [0.1, 0.15) is 5.75 Å². The van der Waals surface area contributed by atoms with Gasteiger partial charge in [0, 0.05) is 18.8 Å². The highest BCUT2D eigenvalue weighted by molar-refractivity contribution is 7.80. The number of ether oxygens (including phenoxy) is 1. The average Bonchev–Trinajstić information content (AvgIpc) is 2.56. The van der Waals surface area contributed by atoms with Gasteiger partial charge in [-0.15, -0.1) is 0 Å². The molecule has 2 aliphatic rings. The number of piperidine rings is 1. The summed E-state index contributed by atoms with van der Waals surface area (Å²) in [6.07, 6.45) is 6.93. The van der Waals surface area contributed by atoms with E-state index in [0.717, 1.165) is 41.5 Å². The van der Waals surface area contributed by atoms with Crippen LogP contribution in [0.3, 0.4) is 0 Å². The number of rotatable bonds is 3. The highest BCUT2D eigenvalue weighted by Crippen LogP contribution is 2.36. The van der Waals surface area contributed by atoms with Gasteiger partial charge in [0.15, 0.2) is 5.11 Å². The summed E-state index contributed by atoms with van der Waals surface area (Å²) in [5.74, 6) is 2.70. The lowest BCUT2D eigenvalue weighted by molar-refractivity contribution is 0.131. The Morgan fingerprint density at radius 1 is 1.18 bits per heavy atom. The Kier molecular flexibility index (Phi) is 5.19. The predicted octanol–water partition coefficient (Wildman–Crippen LogP) is 4.29. The van der Waals surface area contributed by atoms with Crippen LogP contribution in [0.2, 0.25) is 0 Å². The molecule has 0 bridgehead atoms. The predicted molar refractivity (Wildman–Crippen MR) is 95.5 cm³/mol. The van der Waals surface area contributed by atoms with Crippen molar-refractivity contribution >= 4 is 23.0 Å². The van der Waals surface area contributed by atoms with Crippen LogP contribution in [-0.2, 0) is 0 Å². The number of fused-ring (bicyclic) bond motifs is 1. The lowest BCUT2D eigenvalue weighted by Gasteiger charge is -2.42. The van der Waals surface area contributed by atoms with Gasteiger partial charge in [-0.3, -0.25) is 0 Å². The first-order valence-corrected chi connectivity index (χ1v) is 8.96. The molecule has 0 aromatic heterocycles. The van der Waals surface area contributed by atoms with Gasteiger partial charge in [-0.25, -0.2) is 0 Å². The number of benzene rings is 1. The second-order valence-electron chi connectivity index (χ2n) is 6.43. The standard InChI is InChI=1S/C18H26N2OS/c1-2-21-17-9-7-16(8-10-17)19-18(22)20-12-11-14-5-3-4-6-15(14)13-20/h7-10,14-15H,2-6,11-13H2,1H3,(H,19,22)/t14-,15-/m1/s1. The van der Waals surface area contributed by atoms with Crippen molar-refractivity contribution in [3.05, 3.63) is 24.3 Å². The fourth-order valence-corrected chi connectivity index (χ4v) is 4.07. The molecule has 1 aromatic carbocycles. The molecule has 2 fully saturated rings. The molecule has 0 unspecified atom stereocenters. The molecule has 1 saturated heterocycles. The molecule has 2 atom stereocenters. The van der Waals surface area contributed by atoms with E-state index in [9.17, 15) is 0 Å². The van der Waals surface area contributed by atoms with Gasteiger partial charge in [0.05, 0.1) is 6.61 Å². The Labute approximate surface area is 139 Å². The van der Waals surface area contributed by atoms with E-state index in [4.69, 9.17) is 17.0 Å². The highest BCUT2D eigenvalue weighted by atomic mass is 32.1. The summed E-state index contributed by atoms with van der Waals surface area (Å²) in [6, 6.07) is 8.04. The van der Waals surface area contributed by atoms with Crippen molar-refractivity contribution < 1.29 is 4.74 Å². The van der Waals surface area contributed by atoms with Crippen LogP contribution in [0.25, 0.3) is 0 Å². The van der Waals surface area contributed by atoms with E-state index in [1.165, 1.54) is 32.1 Å². The van der Waals surface area contributed by atoms with Gasteiger partial charge < -0.3 is 15.0 Å². The van der Waals surface area contributed by atoms with Gasteiger partial charge in [-0.05, 0) is 68.1 Å². The Bertz CT molecular complexity index is 502. The van der Waals surface area contributed by atoms with Gasteiger partial charge >= 0.3 is 0 Å². The molecule has 120 valence electrons. The molecular weight excluding hydrogens is 292 g/mol. The SMILES string of the molecule is CCOc1ccc(NC(=S)N2CC[C@H]3CCCC[C@@H]3C2)cc1. The first-order chi connectivity index (χ1) is 10.8. The van der Waals surface area contributed by atoms with E-state index in [1.54, 1.807) is 0 Å². The highest BCUT2D eigenvalue weighted by Gasteiger charge is 2.31. The minimum absolute atomic E-state index is 0.696. The van der Waals surface area contributed by atoms with Crippen LogP contribution < -0.4 is 10.1 Å². The summed E-state index contributed by atoms with van der Waals surface area (Å²) in [5, 5.41) is 4.25. The molecule has 0 amide bonds. The van der Waals surface area contributed by atoms with E-state index in [0.29, 0.717) is 6.61 Å². The average molecular weight is 318 g/mol. The summed E-state index contributed by atoms with van der Waals surface area (Å²) in [4.78, 5) is 2.36. The fraction of sp³-hybridized carbons (Fsp3) is 0.611. The third-order valence-electron chi connectivity index (χ3n) is 5.00. The summed E-state index contributed by atoms with van der Waals surface area (Å²) >= 11 is 5.62. The molecule has 1 N–H and O–H groups in total. The van der Waals surface area contributed by atoms with Crippen LogP contribution in [0.15, 0.2) is 24.3 Å². The molecular formula is C18H26N2OS. The minimum Gasteiger partial charge on any atom is -0.494 e. The molecule has 3 rings (SSSR count). The maximum atomic E-state index is 5.62. The van der Waals surface area contributed by atoms with Crippen LogP contribution in [0.4, 0.5) is 5.69 Å². The van der Waals surface area contributed by atoms with Crippen LogP contribution in [0.1, 0.15) is 39.0 Å². The molecule has 1 aliphatic carbocycles. The maximum Gasteiger partial charge on any atom is 0.173 e. The molecule has 22 heavy (non-hydrogen) atoms. The normalized spacial score (nSPS) is 24.5. The molecule has 4 heteroatoms. The van der Waals surface area contributed by atoms with Crippen LogP contribution >= 0.6 is 12.2 Å². The molecule has 1 aliphatic heterocycles. The van der Waals surface area contributed by atoms with Crippen molar-refractivity contribution in [2.75, 3.05) is 25.0 Å². The van der Waals surface area contributed by atoms with Gasteiger partial charge in [0.2, 0.25) is 0 Å². The molecule has 3 nitrogen and oxygen atoms in total. The third kappa shape index (κ3) is 3.72. The Hall–Kier alpha value is -1.29. The van der Waals surface area contributed by atoms with Crippen LogP contribution in [-0.4, -0.2) is 29.7 Å². The van der Waals surface area contributed by atoms with Crippen LogP contribution in [0, 0.1) is 11.8 Å². The smallest absolute Gasteiger partial charge is 0.173 e. The van der Waals surface area contributed by atoms with E-state index in [2.05, 4.69) is 10.2 Å². The Morgan fingerprint density at radius 3 is 2.64 bits per heavy atom. The van der Waals surface area contributed by atoms with Gasteiger partial charge in [-0.1, -0.05) is 19.3 Å². The van der Waals surface area contributed by atoms with E-state index < -0.39 is 0 Å². The van der Waals surface area contributed by atoms with Gasteiger partial charge in [-0.2, -0.15) is 0 Å². The van der Waals surface area contributed by atoms with Crippen LogP contribution in [0.5, 0.6) is 5.75 Å². The van der Waals surface area contributed by atoms with E-state index >= 15 is 0 Å². The fourth-order valence-electron chi connectivity index (χ4n) is 3.79. The molecule has 0 spiro atoms. The Morgan fingerprint density at radius 2 is 1.91 bits per heavy atom. The third-order valence-corrected chi connectivity index (χ3v) is 5.36. The number of hydrogen-bond acceptors (Lipinski definition) is 2. The second kappa shape index (κ2) is 7.32. The number of hydrogen-bond donors (Lipinski definition) is 1. The second-order valence-corrected chi connectivity index (χ2v) is 6.81. The quantitative estimate of drug-likeness (QED) is 0.840. The van der Waals surface area contributed by atoms with Crippen molar-refractivity contribution in [2.24, 2.45) is 11.8 Å². The number of thiocarbonyl (C=S) groups is 1. The minimum atomic E-state index is 0.696. The zero-order valence-electron chi connectivity index (χ0n) is 13.4. The largest absolute Gasteiger partial charge is 0.494 e. The van der Waals surface area contributed by atoms with E-state index in [1.807, 2.05) is 31.2 Å². The number of nitrogens with one attached hydrogen (secondary N) is 1. The zero-order valence-corrected chi connectivity index (χ0v) is 14.2. The molecule has 0 radical (unpaired) electrons. The van der Waals surface area contributed by atoms with Crippen molar-refractivity contribution in [3.8, 4) is 5.75 Å². The molecule has 1 aromatic rings. The van der Waals surface area contributed by atoms with Crippen molar-refractivity contribution in [2.45, 2.75) is 39.0 Å². The Balaban J connectivity index is 1.55. The van der Waals surface area contributed by atoms with Crippen molar-refractivity contribution in [1.82, 2.24) is 4.90 Å². The van der Waals surface area contributed by atoms with Gasteiger partial charge in [0.25, 0.3) is 0 Å². The summed E-state index contributed by atoms with van der Waals surface area (Å²) < 4.78 is 5.47. The molecule has 1 heterocycles. The van der Waals surface area contributed by atoms with Crippen molar-refractivity contribution in [3.63, 3.8) is 0 Å². The topological polar surface area (TPSA) is 24.5 Å². The monoisotopic (exact) mass is 318 g/mol.